The number of hydrogen-bond acceptors (Lipinski definition) is 6. The number of amides is 1. The Labute approximate surface area is 212 Å². The molecule has 0 radical (unpaired) electrons. The highest BCUT2D eigenvalue weighted by Crippen LogP contribution is 2.25. The summed E-state index contributed by atoms with van der Waals surface area (Å²) in [6, 6.07) is -0.0134. The van der Waals surface area contributed by atoms with Gasteiger partial charge in [-0.25, -0.2) is 5.43 Å². The van der Waals surface area contributed by atoms with Crippen molar-refractivity contribution in [2.45, 2.75) is 91.8 Å². The van der Waals surface area contributed by atoms with Gasteiger partial charge in [0, 0.05) is 25.2 Å². The number of nitrogens with one attached hydrogen (secondary N) is 4. The number of rotatable bonds is 12. The van der Waals surface area contributed by atoms with Crippen LogP contribution in [0.4, 0.5) is 0 Å². The fraction of sp³-hybridized carbons (Fsp3) is 0.571. The molecule has 194 valence electrons. The zero-order valence-corrected chi connectivity index (χ0v) is 22.9. The fourth-order valence-electron chi connectivity index (χ4n) is 4.58. The monoisotopic (exact) mass is 482 g/mol. The molecule has 4 N–H and O–H groups in total. The van der Waals surface area contributed by atoms with Crippen molar-refractivity contribution in [3.05, 3.63) is 59.6 Å². The molecule has 0 spiro atoms. The molecule has 2 aliphatic heterocycles. The molecule has 0 saturated heterocycles. The van der Waals surface area contributed by atoms with Gasteiger partial charge in [-0.3, -0.25) is 15.2 Å². The van der Waals surface area contributed by atoms with Crippen LogP contribution in [0.3, 0.4) is 0 Å². The van der Waals surface area contributed by atoms with Crippen LogP contribution in [0.2, 0.25) is 0 Å². The lowest BCUT2D eigenvalue weighted by Crippen LogP contribution is -2.55. The van der Waals surface area contributed by atoms with Crippen molar-refractivity contribution >= 4 is 11.6 Å². The van der Waals surface area contributed by atoms with Crippen LogP contribution in [0.1, 0.15) is 74.1 Å². The van der Waals surface area contributed by atoms with Crippen LogP contribution in [-0.2, 0) is 4.79 Å². The minimum absolute atomic E-state index is 0.0604. The Morgan fingerprint density at radius 3 is 2.51 bits per heavy atom. The first-order valence-electron chi connectivity index (χ1n) is 13.0. The SMILES string of the molecule is C\C=C/C=C\C=C\[C@@H](CC(C)C)NC1=C(C(=O)NC(CC)(CC)C2=NNC(C)=CC2)C(C)NN1C. The third kappa shape index (κ3) is 7.59. The second kappa shape index (κ2) is 13.3. The maximum absolute atomic E-state index is 13.8. The first-order valence-corrected chi connectivity index (χ1v) is 13.0. The van der Waals surface area contributed by atoms with Crippen LogP contribution in [0.15, 0.2) is 64.7 Å². The standard InChI is InChI=1S/C28H46N6O/c1-9-12-13-14-15-16-23(19-20(4)5)29-26-25(22(7)33-34(26)8)27(35)30-28(10-2,11-3)24-18-17-21(6)31-32-24/h9,12-17,20,22-23,29,31,33H,10-11,18-19H2,1-8H3,(H,30,35)/b12-9-,14-13-,16-15+/t22?,23-/m0/s1. The average Bonchev–Trinajstić information content (AvgIpc) is 3.10. The van der Waals surface area contributed by atoms with E-state index in [1.807, 2.05) is 57.1 Å². The molecule has 2 atom stereocenters. The smallest absolute Gasteiger partial charge is 0.253 e. The maximum atomic E-state index is 13.8. The van der Waals surface area contributed by atoms with Gasteiger partial charge in [-0.05, 0) is 46.0 Å². The molecule has 35 heavy (non-hydrogen) atoms. The van der Waals surface area contributed by atoms with Gasteiger partial charge in [0.25, 0.3) is 5.91 Å². The van der Waals surface area contributed by atoms with Gasteiger partial charge in [0.15, 0.2) is 0 Å². The van der Waals surface area contributed by atoms with Crippen molar-refractivity contribution < 1.29 is 4.79 Å². The van der Waals surface area contributed by atoms with Crippen molar-refractivity contribution in [1.82, 2.24) is 26.5 Å². The summed E-state index contributed by atoms with van der Waals surface area (Å²) in [5.41, 5.74) is 8.71. The average molecular weight is 483 g/mol. The molecular formula is C28H46N6O. The third-order valence-electron chi connectivity index (χ3n) is 6.65. The van der Waals surface area contributed by atoms with E-state index in [2.05, 4.69) is 72.5 Å². The zero-order valence-electron chi connectivity index (χ0n) is 22.9. The van der Waals surface area contributed by atoms with E-state index >= 15 is 0 Å². The number of hydrogen-bond donors (Lipinski definition) is 4. The second-order valence-electron chi connectivity index (χ2n) is 9.85. The molecule has 0 saturated carbocycles. The second-order valence-corrected chi connectivity index (χ2v) is 9.85. The normalized spacial score (nSPS) is 20.1. The number of allylic oxidation sites excluding steroid dienone is 7. The summed E-state index contributed by atoms with van der Waals surface area (Å²) in [5, 5.41) is 13.6. The molecule has 2 aliphatic rings. The Hall–Kier alpha value is -2.80. The summed E-state index contributed by atoms with van der Waals surface area (Å²) in [6.07, 6.45) is 17.6. The maximum Gasteiger partial charge on any atom is 0.253 e. The molecule has 1 unspecified atom stereocenters. The minimum atomic E-state index is -0.491. The first-order chi connectivity index (χ1) is 16.7. The summed E-state index contributed by atoms with van der Waals surface area (Å²) in [4.78, 5) is 13.8. The van der Waals surface area contributed by atoms with E-state index in [0.717, 1.165) is 48.5 Å². The Morgan fingerprint density at radius 2 is 1.94 bits per heavy atom. The number of carbonyl (C=O) groups is 1. The molecule has 2 heterocycles. The van der Waals surface area contributed by atoms with Gasteiger partial charge in [-0.2, -0.15) is 5.10 Å². The number of hydrazone groups is 1. The lowest BCUT2D eigenvalue weighted by molar-refractivity contribution is -0.119. The molecule has 7 nitrogen and oxygen atoms in total. The lowest BCUT2D eigenvalue weighted by atomic mass is 9.84. The number of nitrogens with zero attached hydrogens (tertiary/aromatic N) is 2. The highest BCUT2D eigenvalue weighted by molar-refractivity contribution is 6.03. The van der Waals surface area contributed by atoms with Crippen molar-refractivity contribution in [1.29, 1.82) is 0 Å². The molecule has 2 rings (SSSR count). The van der Waals surface area contributed by atoms with E-state index in [4.69, 9.17) is 0 Å². The predicted molar refractivity (Wildman–Crippen MR) is 147 cm³/mol. The number of hydrazine groups is 1. The van der Waals surface area contributed by atoms with Crippen LogP contribution in [0.25, 0.3) is 0 Å². The molecule has 0 aliphatic carbocycles. The summed E-state index contributed by atoms with van der Waals surface area (Å²) >= 11 is 0. The topological polar surface area (TPSA) is 80.8 Å². The Balaban J connectivity index is 2.33. The molecule has 0 fully saturated rings. The highest BCUT2D eigenvalue weighted by Gasteiger charge is 2.39. The predicted octanol–water partition coefficient (Wildman–Crippen LogP) is 4.66. The lowest BCUT2D eigenvalue weighted by Gasteiger charge is -2.35. The zero-order chi connectivity index (χ0) is 26.0. The van der Waals surface area contributed by atoms with Crippen molar-refractivity contribution in [3.63, 3.8) is 0 Å². The largest absolute Gasteiger partial charge is 0.364 e. The molecular weight excluding hydrogens is 436 g/mol. The van der Waals surface area contributed by atoms with Gasteiger partial charge < -0.3 is 10.6 Å². The van der Waals surface area contributed by atoms with Crippen molar-refractivity contribution in [2.24, 2.45) is 11.0 Å². The fourth-order valence-corrected chi connectivity index (χ4v) is 4.58. The molecule has 0 aromatic carbocycles. The molecule has 0 aromatic rings. The first kappa shape index (κ1) is 28.4. The molecule has 0 bridgehead atoms. The van der Waals surface area contributed by atoms with Gasteiger partial charge in [0.1, 0.15) is 5.82 Å². The molecule has 1 amide bonds. The van der Waals surface area contributed by atoms with E-state index < -0.39 is 5.54 Å². The van der Waals surface area contributed by atoms with Crippen LogP contribution >= 0.6 is 0 Å². The van der Waals surface area contributed by atoms with Crippen LogP contribution in [-0.4, -0.2) is 41.3 Å². The summed E-state index contributed by atoms with van der Waals surface area (Å²) < 4.78 is 0. The van der Waals surface area contributed by atoms with Gasteiger partial charge in [0.2, 0.25) is 0 Å². The van der Waals surface area contributed by atoms with Gasteiger partial charge in [-0.15, -0.1) is 0 Å². The summed E-state index contributed by atoms with van der Waals surface area (Å²) in [5.74, 6) is 1.27. The third-order valence-corrected chi connectivity index (χ3v) is 6.65. The van der Waals surface area contributed by atoms with Crippen LogP contribution in [0.5, 0.6) is 0 Å². The molecule has 0 aromatic heterocycles. The van der Waals surface area contributed by atoms with E-state index in [0.29, 0.717) is 5.92 Å². The number of carbonyl (C=O) groups excluding carboxylic acids is 1. The van der Waals surface area contributed by atoms with Crippen molar-refractivity contribution in [2.75, 3.05) is 7.05 Å². The van der Waals surface area contributed by atoms with Crippen LogP contribution < -0.4 is 21.5 Å². The Kier molecular flexibility index (Phi) is 10.8. The van der Waals surface area contributed by atoms with E-state index in [1.54, 1.807) is 0 Å². The highest BCUT2D eigenvalue weighted by atomic mass is 16.2. The molecule has 7 heteroatoms. The van der Waals surface area contributed by atoms with Gasteiger partial charge in [-0.1, -0.05) is 70.2 Å². The minimum Gasteiger partial charge on any atom is -0.364 e. The van der Waals surface area contributed by atoms with Gasteiger partial charge in [0.05, 0.1) is 22.9 Å². The van der Waals surface area contributed by atoms with E-state index in [9.17, 15) is 4.79 Å². The van der Waals surface area contributed by atoms with Gasteiger partial charge >= 0.3 is 0 Å². The van der Waals surface area contributed by atoms with E-state index in [-0.39, 0.29) is 18.0 Å². The van der Waals surface area contributed by atoms with E-state index in [1.165, 1.54) is 0 Å². The summed E-state index contributed by atoms with van der Waals surface area (Å²) in [7, 11) is 1.96. The Bertz CT molecular complexity index is 904. The van der Waals surface area contributed by atoms with Crippen molar-refractivity contribution in [3.8, 4) is 0 Å². The van der Waals surface area contributed by atoms with Crippen LogP contribution in [0, 0.1) is 5.92 Å². The Morgan fingerprint density at radius 1 is 1.26 bits per heavy atom. The summed E-state index contributed by atoms with van der Waals surface area (Å²) in [6.45, 7) is 14.7. The quantitative estimate of drug-likeness (QED) is 0.304.